The second-order valence-electron chi connectivity index (χ2n) is 15.1. The molecule has 0 aliphatic carbocycles. The van der Waals surface area contributed by atoms with Gasteiger partial charge in [0.05, 0.1) is 58.9 Å². The van der Waals surface area contributed by atoms with Gasteiger partial charge in [0.25, 0.3) is 0 Å². The topological polar surface area (TPSA) is 269 Å². The van der Waals surface area contributed by atoms with Gasteiger partial charge in [-0.2, -0.15) is 0 Å². The monoisotopic (exact) mass is 889 g/mol. The Labute approximate surface area is 369 Å². The standard InChI is InChI=1S/C43H80N6O13/c1-44-35(42(56)45-2)17-15-16-24-46-38(51)22-27-59-31-34-62-30-26-48-39(52)23-28-60-32-33-61-29-25-47-37(50)21-20-36(43(57)58)49-40(53)18-13-11-9-7-5-3-4-6-8-10-12-14-19-41(54)55/h35-36,44H,3-34H2,1-2H3,(H,45,56)(H,46,51)(H,47,50)(H,48,52)(H,49,53)(H,54,55)(H,57,58). The molecule has 0 aromatic carbocycles. The molecule has 0 aliphatic heterocycles. The lowest BCUT2D eigenvalue weighted by Gasteiger charge is -2.14. The predicted molar refractivity (Wildman–Crippen MR) is 233 cm³/mol. The molecule has 0 bridgehead atoms. The van der Waals surface area contributed by atoms with Crippen LogP contribution < -0.4 is 31.9 Å². The van der Waals surface area contributed by atoms with Gasteiger partial charge in [0.1, 0.15) is 6.04 Å². The zero-order valence-electron chi connectivity index (χ0n) is 37.7. The molecule has 2 atom stereocenters. The van der Waals surface area contributed by atoms with Crippen molar-refractivity contribution in [2.45, 2.75) is 147 Å². The van der Waals surface area contributed by atoms with Crippen molar-refractivity contribution in [3.8, 4) is 0 Å². The Bertz CT molecular complexity index is 1210. The molecule has 0 aromatic rings. The minimum absolute atomic E-state index is 0.0210. The van der Waals surface area contributed by atoms with E-state index in [0.717, 1.165) is 64.2 Å². The molecule has 0 fully saturated rings. The molecule has 62 heavy (non-hydrogen) atoms. The van der Waals surface area contributed by atoms with E-state index in [2.05, 4.69) is 31.9 Å². The van der Waals surface area contributed by atoms with Crippen LogP contribution in [0.4, 0.5) is 0 Å². The molecular weight excluding hydrogens is 809 g/mol. The number of carboxylic acids is 2. The molecule has 0 saturated heterocycles. The number of nitrogens with one attached hydrogen (secondary N) is 6. The van der Waals surface area contributed by atoms with E-state index in [4.69, 9.17) is 24.1 Å². The molecule has 5 amide bonds. The predicted octanol–water partition coefficient (Wildman–Crippen LogP) is 2.58. The van der Waals surface area contributed by atoms with Crippen molar-refractivity contribution >= 4 is 41.5 Å². The van der Waals surface area contributed by atoms with Crippen molar-refractivity contribution in [2.24, 2.45) is 0 Å². The van der Waals surface area contributed by atoms with E-state index in [1.807, 2.05) is 0 Å². The highest BCUT2D eigenvalue weighted by atomic mass is 16.5. The summed E-state index contributed by atoms with van der Waals surface area (Å²) in [6.45, 7) is 3.35. The first-order valence-electron chi connectivity index (χ1n) is 22.7. The number of rotatable bonds is 45. The summed E-state index contributed by atoms with van der Waals surface area (Å²) in [5.41, 5.74) is 0. The van der Waals surface area contributed by atoms with Crippen LogP contribution >= 0.6 is 0 Å². The van der Waals surface area contributed by atoms with Crippen molar-refractivity contribution in [3.05, 3.63) is 0 Å². The van der Waals surface area contributed by atoms with Crippen LogP contribution in [0.2, 0.25) is 0 Å². The molecule has 0 aromatic heterocycles. The van der Waals surface area contributed by atoms with Crippen LogP contribution in [0, 0.1) is 0 Å². The van der Waals surface area contributed by atoms with Gasteiger partial charge in [-0.3, -0.25) is 28.8 Å². The minimum atomic E-state index is -1.18. The molecule has 19 nitrogen and oxygen atoms in total. The Morgan fingerprint density at radius 2 is 0.855 bits per heavy atom. The summed E-state index contributed by atoms with van der Waals surface area (Å²) in [5.74, 6) is -2.90. The van der Waals surface area contributed by atoms with Crippen LogP contribution in [-0.2, 0) is 52.5 Å². The molecule has 19 heteroatoms. The third-order valence-electron chi connectivity index (χ3n) is 9.82. The van der Waals surface area contributed by atoms with E-state index in [0.29, 0.717) is 45.8 Å². The van der Waals surface area contributed by atoms with Gasteiger partial charge in [-0.05, 0) is 45.6 Å². The molecule has 2 unspecified atom stereocenters. The molecule has 8 N–H and O–H groups in total. The summed E-state index contributed by atoms with van der Waals surface area (Å²) >= 11 is 0. The van der Waals surface area contributed by atoms with Gasteiger partial charge in [-0.15, -0.1) is 0 Å². The van der Waals surface area contributed by atoms with E-state index >= 15 is 0 Å². The SMILES string of the molecule is CNC(=O)C(CCCCNC(=O)CCOCCOCCNC(=O)CCOCCOCCNC(=O)CCC(NC(=O)CCCCCCCCCCCCCCC(=O)O)C(=O)O)NC. The van der Waals surface area contributed by atoms with E-state index in [1.54, 1.807) is 14.1 Å². The zero-order chi connectivity index (χ0) is 45.9. The second-order valence-corrected chi connectivity index (χ2v) is 15.1. The number of carboxylic acid groups (broad SMARTS) is 2. The molecule has 360 valence electrons. The number of carbonyl (C=O) groups is 7. The lowest BCUT2D eigenvalue weighted by molar-refractivity contribution is -0.142. The number of ether oxygens (including phenoxy) is 4. The molecule has 0 aliphatic rings. The highest BCUT2D eigenvalue weighted by Gasteiger charge is 2.21. The number of hydrogen-bond donors (Lipinski definition) is 8. The van der Waals surface area contributed by atoms with Crippen molar-refractivity contribution < 1.29 is 62.7 Å². The molecule has 0 saturated carbocycles. The first kappa shape index (κ1) is 58.1. The Morgan fingerprint density at radius 3 is 1.31 bits per heavy atom. The normalized spacial score (nSPS) is 12.0. The number of amides is 5. The van der Waals surface area contributed by atoms with Gasteiger partial charge >= 0.3 is 11.9 Å². The molecule has 0 radical (unpaired) electrons. The van der Waals surface area contributed by atoms with E-state index in [9.17, 15) is 38.7 Å². The largest absolute Gasteiger partial charge is 0.481 e. The molecular formula is C43H80N6O13. The number of carbonyl (C=O) groups excluding carboxylic acids is 5. The van der Waals surface area contributed by atoms with Crippen LogP contribution in [0.25, 0.3) is 0 Å². The number of hydrogen-bond acceptors (Lipinski definition) is 12. The average molecular weight is 889 g/mol. The fourth-order valence-corrected chi connectivity index (χ4v) is 6.17. The van der Waals surface area contributed by atoms with Crippen LogP contribution in [0.15, 0.2) is 0 Å². The summed E-state index contributed by atoms with van der Waals surface area (Å²) < 4.78 is 21.7. The lowest BCUT2D eigenvalue weighted by Crippen LogP contribution is -2.41. The highest BCUT2D eigenvalue weighted by Crippen LogP contribution is 2.13. The van der Waals surface area contributed by atoms with E-state index < -0.39 is 18.0 Å². The number of unbranched alkanes of at least 4 members (excludes halogenated alkanes) is 12. The van der Waals surface area contributed by atoms with Crippen molar-refractivity contribution in [1.29, 1.82) is 0 Å². The molecule has 0 rings (SSSR count). The van der Waals surface area contributed by atoms with E-state index in [1.165, 1.54) is 19.3 Å². The minimum Gasteiger partial charge on any atom is -0.481 e. The Hall–Kier alpha value is -3.91. The second kappa shape index (κ2) is 42.4. The molecule has 0 spiro atoms. The zero-order valence-corrected chi connectivity index (χ0v) is 37.7. The van der Waals surface area contributed by atoms with Crippen LogP contribution in [-0.4, -0.2) is 150 Å². The van der Waals surface area contributed by atoms with Crippen molar-refractivity contribution in [2.75, 3.05) is 86.6 Å². The highest BCUT2D eigenvalue weighted by molar-refractivity contribution is 5.84. The van der Waals surface area contributed by atoms with Gasteiger partial charge in [-0.1, -0.05) is 64.2 Å². The maximum absolute atomic E-state index is 12.3. The van der Waals surface area contributed by atoms with Crippen molar-refractivity contribution in [3.63, 3.8) is 0 Å². The number of aliphatic carboxylic acids is 2. The van der Waals surface area contributed by atoms with Gasteiger partial charge in [0, 0.05) is 58.8 Å². The van der Waals surface area contributed by atoms with Gasteiger partial charge in [0.15, 0.2) is 0 Å². The number of likely N-dealkylation sites (N-methyl/N-ethyl adjacent to an activating group) is 2. The molecule has 0 heterocycles. The van der Waals surface area contributed by atoms with Gasteiger partial charge < -0.3 is 61.1 Å². The lowest BCUT2D eigenvalue weighted by atomic mass is 10.0. The van der Waals surface area contributed by atoms with Gasteiger partial charge in [0.2, 0.25) is 29.5 Å². The Morgan fingerprint density at radius 1 is 0.419 bits per heavy atom. The summed E-state index contributed by atoms with van der Waals surface area (Å²) in [6.07, 6.45) is 15.5. The summed E-state index contributed by atoms with van der Waals surface area (Å²) in [4.78, 5) is 82.2. The van der Waals surface area contributed by atoms with Gasteiger partial charge in [-0.25, -0.2) is 4.79 Å². The quantitative estimate of drug-likeness (QED) is 0.0409. The Balaban J connectivity index is 3.64. The summed E-state index contributed by atoms with van der Waals surface area (Å²) in [5, 5.41) is 34.5. The van der Waals surface area contributed by atoms with Crippen LogP contribution in [0.1, 0.15) is 135 Å². The summed E-state index contributed by atoms with van der Waals surface area (Å²) in [6, 6.07) is -1.37. The fourth-order valence-electron chi connectivity index (χ4n) is 6.17. The Kier molecular flexibility index (Phi) is 39.7. The average Bonchev–Trinajstić information content (AvgIpc) is 3.24. The smallest absolute Gasteiger partial charge is 0.326 e. The first-order valence-corrected chi connectivity index (χ1v) is 22.7. The maximum atomic E-state index is 12.3. The third-order valence-corrected chi connectivity index (χ3v) is 9.82. The third kappa shape index (κ3) is 39.0. The maximum Gasteiger partial charge on any atom is 0.326 e. The fraction of sp³-hybridized carbons (Fsp3) is 0.837. The van der Waals surface area contributed by atoms with Crippen LogP contribution in [0.5, 0.6) is 0 Å². The van der Waals surface area contributed by atoms with E-state index in [-0.39, 0.29) is 114 Å². The van der Waals surface area contributed by atoms with Crippen LogP contribution in [0.3, 0.4) is 0 Å². The van der Waals surface area contributed by atoms with Crippen molar-refractivity contribution in [1.82, 2.24) is 31.9 Å². The first-order chi connectivity index (χ1) is 30.0. The summed E-state index contributed by atoms with van der Waals surface area (Å²) in [7, 11) is 3.35.